The van der Waals surface area contributed by atoms with Crippen molar-refractivity contribution in [3.05, 3.63) is 53.1 Å². The lowest BCUT2D eigenvalue weighted by Gasteiger charge is -2.14. The van der Waals surface area contributed by atoms with Gasteiger partial charge in [0.1, 0.15) is 0 Å². The van der Waals surface area contributed by atoms with Crippen molar-refractivity contribution in [2.75, 3.05) is 0 Å². The van der Waals surface area contributed by atoms with Gasteiger partial charge < -0.3 is 0 Å². The first-order chi connectivity index (χ1) is 9.25. The first-order valence-electron chi connectivity index (χ1n) is 6.85. The zero-order valence-corrected chi connectivity index (χ0v) is 12.5. The Morgan fingerprint density at radius 1 is 1.11 bits per heavy atom. The fourth-order valence-corrected chi connectivity index (χ4v) is 2.80. The van der Waals surface area contributed by atoms with Gasteiger partial charge in [0, 0.05) is 10.5 Å². The van der Waals surface area contributed by atoms with E-state index in [1.54, 1.807) is 11.8 Å². The minimum Gasteiger partial charge on any atom is -0.0761 e. The SMILES string of the molecule is CC(C)=CC1=C(C#CSc2ccccc2)CCCC1. The van der Waals surface area contributed by atoms with Crippen LogP contribution >= 0.6 is 11.8 Å². The van der Waals surface area contributed by atoms with Crippen molar-refractivity contribution in [3.63, 3.8) is 0 Å². The van der Waals surface area contributed by atoms with Crippen molar-refractivity contribution in [2.24, 2.45) is 0 Å². The molecule has 0 saturated heterocycles. The van der Waals surface area contributed by atoms with E-state index in [1.165, 1.54) is 40.9 Å². The van der Waals surface area contributed by atoms with Crippen LogP contribution in [0, 0.1) is 11.2 Å². The molecular weight excluding hydrogens is 248 g/mol. The van der Waals surface area contributed by atoms with Gasteiger partial charge in [-0.1, -0.05) is 35.8 Å². The molecule has 1 aromatic carbocycles. The van der Waals surface area contributed by atoms with Crippen LogP contribution in [-0.4, -0.2) is 0 Å². The molecule has 1 aliphatic rings. The van der Waals surface area contributed by atoms with Crippen molar-refractivity contribution in [1.29, 1.82) is 0 Å². The third-order valence-electron chi connectivity index (χ3n) is 3.09. The van der Waals surface area contributed by atoms with Crippen molar-refractivity contribution in [2.45, 2.75) is 44.4 Å². The molecule has 0 heterocycles. The summed E-state index contributed by atoms with van der Waals surface area (Å²) in [5.41, 5.74) is 4.16. The monoisotopic (exact) mass is 268 g/mol. The molecule has 0 atom stereocenters. The van der Waals surface area contributed by atoms with Crippen molar-refractivity contribution >= 4 is 11.8 Å². The summed E-state index contributed by atoms with van der Waals surface area (Å²) in [5, 5.41) is 3.25. The summed E-state index contributed by atoms with van der Waals surface area (Å²) in [4.78, 5) is 1.22. The van der Waals surface area contributed by atoms with Crippen LogP contribution in [0.1, 0.15) is 39.5 Å². The second-order valence-corrected chi connectivity index (χ2v) is 5.95. The summed E-state index contributed by atoms with van der Waals surface area (Å²) < 4.78 is 0. The highest BCUT2D eigenvalue weighted by atomic mass is 32.2. The third kappa shape index (κ3) is 4.65. The van der Waals surface area contributed by atoms with E-state index in [0.29, 0.717) is 0 Å². The van der Waals surface area contributed by atoms with Gasteiger partial charge in [0.25, 0.3) is 0 Å². The number of hydrogen-bond acceptors (Lipinski definition) is 1. The van der Waals surface area contributed by atoms with E-state index in [2.05, 4.69) is 55.4 Å². The Kier molecular flexibility index (Phi) is 5.36. The smallest absolute Gasteiger partial charge is 0.0203 e. The van der Waals surface area contributed by atoms with Crippen molar-refractivity contribution in [1.82, 2.24) is 0 Å². The van der Waals surface area contributed by atoms with Gasteiger partial charge in [0.15, 0.2) is 0 Å². The first-order valence-corrected chi connectivity index (χ1v) is 7.67. The lowest BCUT2D eigenvalue weighted by molar-refractivity contribution is 0.696. The molecule has 0 fully saturated rings. The molecule has 1 heteroatoms. The molecule has 0 aliphatic heterocycles. The van der Waals surface area contributed by atoms with Gasteiger partial charge >= 0.3 is 0 Å². The van der Waals surface area contributed by atoms with Crippen LogP contribution in [0.15, 0.2) is 58.0 Å². The van der Waals surface area contributed by atoms with Gasteiger partial charge in [-0.15, -0.1) is 0 Å². The van der Waals surface area contributed by atoms with Crippen molar-refractivity contribution < 1.29 is 0 Å². The van der Waals surface area contributed by atoms with E-state index in [4.69, 9.17) is 0 Å². The highest BCUT2D eigenvalue weighted by Crippen LogP contribution is 2.26. The fraction of sp³-hybridized carbons (Fsp3) is 0.333. The van der Waals surface area contributed by atoms with Gasteiger partial charge in [-0.3, -0.25) is 0 Å². The Balaban J connectivity index is 2.12. The number of thioether (sulfide) groups is 1. The highest BCUT2D eigenvalue weighted by molar-refractivity contribution is 8.03. The van der Waals surface area contributed by atoms with Crippen LogP contribution < -0.4 is 0 Å². The molecule has 19 heavy (non-hydrogen) atoms. The second kappa shape index (κ2) is 7.26. The molecule has 98 valence electrons. The minimum atomic E-state index is 1.14. The number of allylic oxidation sites excluding steroid dienone is 4. The summed E-state index contributed by atoms with van der Waals surface area (Å²) in [5.74, 6) is 3.37. The quantitative estimate of drug-likeness (QED) is 0.498. The Labute approximate surface area is 121 Å². The zero-order chi connectivity index (χ0) is 13.5. The Bertz CT molecular complexity index is 534. The predicted molar refractivity (Wildman–Crippen MR) is 85.0 cm³/mol. The number of rotatable bonds is 2. The topological polar surface area (TPSA) is 0 Å². The Hall–Kier alpha value is -1.39. The summed E-state index contributed by atoms with van der Waals surface area (Å²) >= 11 is 1.62. The molecule has 0 amide bonds. The molecule has 0 nitrogen and oxygen atoms in total. The third-order valence-corrected chi connectivity index (χ3v) is 3.80. The molecule has 1 aromatic rings. The maximum atomic E-state index is 3.37. The molecular formula is C18H20S. The summed E-state index contributed by atoms with van der Waals surface area (Å²) in [6.45, 7) is 4.32. The summed E-state index contributed by atoms with van der Waals surface area (Å²) in [6.07, 6.45) is 7.21. The molecule has 0 N–H and O–H groups in total. The van der Waals surface area contributed by atoms with Crippen LogP contribution in [0.3, 0.4) is 0 Å². The van der Waals surface area contributed by atoms with Gasteiger partial charge in [-0.2, -0.15) is 0 Å². The van der Waals surface area contributed by atoms with Gasteiger partial charge in [-0.05, 0) is 74.3 Å². The first kappa shape index (κ1) is 14.0. The van der Waals surface area contributed by atoms with E-state index >= 15 is 0 Å². The second-order valence-electron chi connectivity index (χ2n) is 5.07. The Morgan fingerprint density at radius 3 is 2.58 bits per heavy atom. The zero-order valence-electron chi connectivity index (χ0n) is 11.7. The van der Waals surface area contributed by atoms with Gasteiger partial charge in [0.05, 0.1) is 0 Å². The lowest BCUT2D eigenvalue weighted by Crippen LogP contribution is -1.96. The van der Waals surface area contributed by atoms with E-state index in [0.717, 1.165) is 6.42 Å². The number of hydrogen-bond donors (Lipinski definition) is 0. The maximum Gasteiger partial charge on any atom is 0.0203 e. The van der Waals surface area contributed by atoms with E-state index in [1.807, 2.05) is 6.07 Å². The van der Waals surface area contributed by atoms with Crippen LogP contribution in [0.5, 0.6) is 0 Å². The molecule has 1 aliphatic carbocycles. The molecule has 0 radical (unpaired) electrons. The van der Waals surface area contributed by atoms with E-state index < -0.39 is 0 Å². The number of benzene rings is 1. The molecule has 0 spiro atoms. The Morgan fingerprint density at radius 2 is 1.84 bits per heavy atom. The fourth-order valence-electron chi connectivity index (χ4n) is 2.21. The average Bonchev–Trinajstić information content (AvgIpc) is 2.41. The minimum absolute atomic E-state index is 1.14. The summed E-state index contributed by atoms with van der Waals surface area (Å²) in [6, 6.07) is 10.3. The highest BCUT2D eigenvalue weighted by Gasteiger charge is 2.08. The van der Waals surface area contributed by atoms with Crippen LogP contribution in [-0.2, 0) is 0 Å². The molecule has 0 unspecified atom stereocenters. The normalized spacial score (nSPS) is 14.6. The maximum absolute atomic E-state index is 3.37. The van der Waals surface area contributed by atoms with E-state index in [-0.39, 0.29) is 0 Å². The molecule has 0 bridgehead atoms. The lowest BCUT2D eigenvalue weighted by atomic mass is 9.91. The molecule has 0 saturated carbocycles. The predicted octanol–water partition coefficient (Wildman–Crippen LogP) is 5.58. The molecule has 0 aromatic heterocycles. The van der Waals surface area contributed by atoms with Crippen LogP contribution in [0.2, 0.25) is 0 Å². The van der Waals surface area contributed by atoms with Gasteiger partial charge in [0.2, 0.25) is 0 Å². The molecule has 2 rings (SSSR count). The largest absolute Gasteiger partial charge is 0.0761 e. The van der Waals surface area contributed by atoms with Gasteiger partial charge in [-0.25, -0.2) is 0 Å². The van der Waals surface area contributed by atoms with Crippen LogP contribution in [0.25, 0.3) is 0 Å². The van der Waals surface area contributed by atoms with E-state index in [9.17, 15) is 0 Å². The summed E-state index contributed by atoms with van der Waals surface area (Å²) in [7, 11) is 0. The van der Waals surface area contributed by atoms with Crippen LogP contribution in [0.4, 0.5) is 0 Å². The van der Waals surface area contributed by atoms with Crippen molar-refractivity contribution in [3.8, 4) is 11.2 Å². The average molecular weight is 268 g/mol. The standard InChI is InChI=1S/C18H20S/c1-15(2)14-17-9-7-6-8-16(17)12-13-19-18-10-4-3-5-11-18/h3-5,10-11,14H,6-9H2,1-2H3.